The van der Waals surface area contributed by atoms with E-state index < -0.39 is 0 Å². The SMILES string of the molecule is CC(C)CC(CN)CNC1CC(C)C1. The first kappa shape index (κ1) is 12.0. The Balaban J connectivity index is 2.08. The molecule has 2 heteroatoms. The Labute approximate surface area is 88.6 Å². The zero-order chi connectivity index (χ0) is 10.6. The molecule has 1 aliphatic carbocycles. The van der Waals surface area contributed by atoms with Crippen LogP contribution in [0.15, 0.2) is 0 Å². The molecule has 1 rings (SSSR count). The molecule has 0 aliphatic heterocycles. The predicted molar refractivity (Wildman–Crippen MR) is 62.2 cm³/mol. The Morgan fingerprint density at radius 2 is 2.00 bits per heavy atom. The molecule has 0 aromatic heterocycles. The van der Waals surface area contributed by atoms with Gasteiger partial charge in [-0.2, -0.15) is 0 Å². The molecule has 1 fully saturated rings. The molecule has 0 aromatic carbocycles. The van der Waals surface area contributed by atoms with E-state index in [2.05, 4.69) is 26.1 Å². The van der Waals surface area contributed by atoms with Crippen molar-refractivity contribution < 1.29 is 0 Å². The molecule has 0 aromatic rings. The van der Waals surface area contributed by atoms with Crippen LogP contribution in [0.4, 0.5) is 0 Å². The molecule has 0 saturated heterocycles. The molecular formula is C12H26N2. The molecule has 1 atom stereocenters. The first-order valence-electron chi connectivity index (χ1n) is 6.05. The van der Waals surface area contributed by atoms with Crippen LogP contribution in [0.5, 0.6) is 0 Å². The molecule has 84 valence electrons. The van der Waals surface area contributed by atoms with Crippen LogP contribution in [0.2, 0.25) is 0 Å². The van der Waals surface area contributed by atoms with Crippen molar-refractivity contribution in [2.24, 2.45) is 23.5 Å². The maximum atomic E-state index is 5.75. The lowest BCUT2D eigenvalue weighted by Crippen LogP contribution is -2.43. The predicted octanol–water partition coefficient (Wildman–Crippen LogP) is 2.00. The van der Waals surface area contributed by atoms with Crippen LogP contribution < -0.4 is 11.1 Å². The van der Waals surface area contributed by atoms with Crippen molar-refractivity contribution in [2.45, 2.75) is 46.1 Å². The van der Waals surface area contributed by atoms with E-state index in [1.54, 1.807) is 0 Å². The van der Waals surface area contributed by atoms with Crippen LogP contribution in [0.1, 0.15) is 40.0 Å². The quantitative estimate of drug-likeness (QED) is 0.685. The van der Waals surface area contributed by atoms with Crippen molar-refractivity contribution in [1.82, 2.24) is 5.32 Å². The van der Waals surface area contributed by atoms with Crippen molar-refractivity contribution in [3.63, 3.8) is 0 Å². The van der Waals surface area contributed by atoms with Crippen LogP contribution in [0.3, 0.4) is 0 Å². The van der Waals surface area contributed by atoms with E-state index in [1.165, 1.54) is 19.3 Å². The fraction of sp³-hybridized carbons (Fsp3) is 1.00. The summed E-state index contributed by atoms with van der Waals surface area (Å²) in [7, 11) is 0. The van der Waals surface area contributed by atoms with E-state index >= 15 is 0 Å². The van der Waals surface area contributed by atoms with Gasteiger partial charge in [-0.15, -0.1) is 0 Å². The second kappa shape index (κ2) is 5.72. The lowest BCUT2D eigenvalue weighted by Gasteiger charge is -2.34. The summed E-state index contributed by atoms with van der Waals surface area (Å²) in [6, 6.07) is 0.784. The van der Waals surface area contributed by atoms with Crippen molar-refractivity contribution in [3.05, 3.63) is 0 Å². The molecule has 0 heterocycles. The highest BCUT2D eigenvalue weighted by Gasteiger charge is 2.25. The fourth-order valence-corrected chi connectivity index (χ4v) is 2.33. The lowest BCUT2D eigenvalue weighted by atomic mass is 9.81. The summed E-state index contributed by atoms with van der Waals surface area (Å²) >= 11 is 0. The minimum Gasteiger partial charge on any atom is -0.330 e. The Morgan fingerprint density at radius 3 is 2.43 bits per heavy atom. The molecule has 1 unspecified atom stereocenters. The number of rotatable bonds is 6. The van der Waals surface area contributed by atoms with Gasteiger partial charge >= 0.3 is 0 Å². The van der Waals surface area contributed by atoms with Gasteiger partial charge in [0, 0.05) is 6.04 Å². The Morgan fingerprint density at radius 1 is 1.36 bits per heavy atom. The van der Waals surface area contributed by atoms with Gasteiger partial charge in [0.2, 0.25) is 0 Å². The minimum atomic E-state index is 0.672. The van der Waals surface area contributed by atoms with Crippen LogP contribution in [0.25, 0.3) is 0 Å². The average Bonchev–Trinajstić information content (AvgIpc) is 2.07. The number of nitrogens with two attached hydrogens (primary N) is 1. The monoisotopic (exact) mass is 198 g/mol. The Hall–Kier alpha value is -0.0800. The topological polar surface area (TPSA) is 38.0 Å². The third-order valence-corrected chi connectivity index (χ3v) is 3.21. The number of hydrogen-bond acceptors (Lipinski definition) is 2. The van der Waals surface area contributed by atoms with Crippen molar-refractivity contribution in [3.8, 4) is 0 Å². The highest BCUT2D eigenvalue weighted by Crippen LogP contribution is 2.26. The van der Waals surface area contributed by atoms with E-state index in [4.69, 9.17) is 5.73 Å². The van der Waals surface area contributed by atoms with E-state index in [1.807, 2.05) is 0 Å². The van der Waals surface area contributed by atoms with E-state index in [-0.39, 0.29) is 0 Å². The Bertz CT molecular complexity index is 150. The second-order valence-corrected chi connectivity index (χ2v) is 5.41. The molecule has 2 nitrogen and oxygen atoms in total. The lowest BCUT2D eigenvalue weighted by molar-refractivity contribution is 0.227. The van der Waals surface area contributed by atoms with Gasteiger partial charge in [-0.05, 0) is 50.1 Å². The van der Waals surface area contributed by atoms with Crippen molar-refractivity contribution >= 4 is 0 Å². The maximum Gasteiger partial charge on any atom is 0.00722 e. The van der Waals surface area contributed by atoms with Crippen LogP contribution in [-0.2, 0) is 0 Å². The second-order valence-electron chi connectivity index (χ2n) is 5.41. The normalized spacial score (nSPS) is 28.9. The molecule has 1 aliphatic rings. The molecule has 0 spiro atoms. The molecule has 0 amide bonds. The summed E-state index contributed by atoms with van der Waals surface area (Å²) in [4.78, 5) is 0. The summed E-state index contributed by atoms with van der Waals surface area (Å²) in [5.74, 6) is 2.38. The molecule has 3 N–H and O–H groups in total. The highest BCUT2D eigenvalue weighted by atomic mass is 14.9. The van der Waals surface area contributed by atoms with Gasteiger partial charge in [-0.1, -0.05) is 20.8 Å². The van der Waals surface area contributed by atoms with Gasteiger partial charge in [0.05, 0.1) is 0 Å². The average molecular weight is 198 g/mol. The van der Waals surface area contributed by atoms with Gasteiger partial charge in [0.15, 0.2) is 0 Å². The summed E-state index contributed by atoms with van der Waals surface area (Å²) in [5.41, 5.74) is 5.75. The van der Waals surface area contributed by atoms with E-state index in [0.717, 1.165) is 31.0 Å². The maximum absolute atomic E-state index is 5.75. The number of hydrogen-bond donors (Lipinski definition) is 2. The largest absolute Gasteiger partial charge is 0.330 e. The van der Waals surface area contributed by atoms with Gasteiger partial charge in [0.1, 0.15) is 0 Å². The van der Waals surface area contributed by atoms with E-state index in [0.29, 0.717) is 5.92 Å². The molecule has 0 bridgehead atoms. The van der Waals surface area contributed by atoms with Crippen molar-refractivity contribution in [2.75, 3.05) is 13.1 Å². The Kier molecular flexibility index (Phi) is 4.90. The van der Waals surface area contributed by atoms with Gasteiger partial charge in [0.25, 0.3) is 0 Å². The third kappa shape index (κ3) is 3.97. The van der Waals surface area contributed by atoms with Crippen LogP contribution in [-0.4, -0.2) is 19.1 Å². The van der Waals surface area contributed by atoms with Crippen molar-refractivity contribution in [1.29, 1.82) is 0 Å². The standard InChI is InChI=1S/C12H26N2/c1-9(2)4-11(7-13)8-14-12-5-10(3)6-12/h9-12,14H,4-8,13H2,1-3H3. The zero-order valence-corrected chi connectivity index (χ0v) is 9.92. The molecular weight excluding hydrogens is 172 g/mol. The fourth-order valence-electron chi connectivity index (χ4n) is 2.33. The minimum absolute atomic E-state index is 0.672. The molecule has 14 heavy (non-hydrogen) atoms. The van der Waals surface area contributed by atoms with Gasteiger partial charge < -0.3 is 11.1 Å². The van der Waals surface area contributed by atoms with E-state index in [9.17, 15) is 0 Å². The molecule has 0 radical (unpaired) electrons. The van der Waals surface area contributed by atoms with Crippen LogP contribution in [0, 0.1) is 17.8 Å². The first-order chi connectivity index (χ1) is 6.61. The zero-order valence-electron chi connectivity index (χ0n) is 9.92. The summed E-state index contributed by atoms with van der Waals surface area (Å²) < 4.78 is 0. The smallest absolute Gasteiger partial charge is 0.00722 e. The first-order valence-corrected chi connectivity index (χ1v) is 6.05. The molecule has 1 saturated carbocycles. The summed E-state index contributed by atoms with van der Waals surface area (Å²) in [6.45, 7) is 8.81. The van der Waals surface area contributed by atoms with Gasteiger partial charge in [-0.25, -0.2) is 0 Å². The van der Waals surface area contributed by atoms with Gasteiger partial charge in [-0.3, -0.25) is 0 Å². The third-order valence-electron chi connectivity index (χ3n) is 3.21. The highest BCUT2D eigenvalue weighted by molar-refractivity contribution is 4.83. The van der Waals surface area contributed by atoms with Crippen LogP contribution >= 0.6 is 0 Å². The summed E-state index contributed by atoms with van der Waals surface area (Å²) in [5, 5.41) is 3.63. The summed E-state index contributed by atoms with van der Waals surface area (Å²) in [6.07, 6.45) is 3.98. The number of nitrogens with one attached hydrogen (secondary N) is 1.